The molecule has 2 bridgehead atoms. The lowest BCUT2D eigenvalue weighted by molar-refractivity contribution is -0.172. The average Bonchev–Trinajstić information content (AvgIpc) is 3.42. The predicted molar refractivity (Wildman–Crippen MR) is 121 cm³/mol. The van der Waals surface area contributed by atoms with Crippen molar-refractivity contribution in [2.24, 2.45) is 5.92 Å². The van der Waals surface area contributed by atoms with E-state index in [1.165, 1.54) is 12.8 Å². The van der Waals surface area contributed by atoms with Gasteiger partial charge in [0, 0.05) is 31.0 Å². The first-order valence-electron chi connectivity index (χ1n) is 12.6. The monoisotopic (exact) mass is 466 g/mol. The standard InChI is InChI=1S/C26H30N2O6/c29-17-3-1-2-16(17)27-24(32)15-11-26(33)19-10-14-6-7-18(30)22-20(14)25(26,23(34-22)21(15)31)8-9-28(19)12-13-4-5-13/h6-7,13,16,19,23,30-31,33H,1-5,8-12H2,(H,27,32)/t16-,19+,23-,25-,26+/m0/s1. The number of benzene rings is 1. The summed E-state index contributed by atoms with van der Waals surface area (Å²) < 4.78 is 6.20. The number of phenols is 1. The molecule has 0 aromatic heterocycles. The van der Waals surface area contributed by atoms with E-state index in [0.717, 1.165) is 30.6 Å². The average molecular weight is 467 g/mol. The first kappa shape index (κ1) is 20.8. The molecule has 2 aliphatic heterocycles. The molecule has 0 unspecified atom stereocenters. The number of aliphatic hydroxyl groups excluding tert-OH is 1. The Labute approximate surface area is 197 Å². The number of likely N-dealkylation sites (tertiary alicyclic amines) is 1. The van der Waals surface area contributed by atoms with Crippen LogP contribution in [0.4, 0.5) is 0 Å². The fourth-order valence-corrected chi connectivity index (χ4v) is 7.58. The van der Waals surface area contributed by atoms with E-state index in [9.17, 15) is 24.9 Å². The second-order valence-electron chi connectivity index (χ2n) is 11.2. The van der Waals surface area contributed by atoms with Crippen molar-refractivity contribution >= 4 is 11.7 Å². The van der Waals surface area contributed by atoms with Gasteiger partial charge in [0.1, 0.15) is 5.76 Å². The molecule has 2 heterocycles. The Morgan fingerprint density at radius 3 is 2.79 bits per heavy atom. The van der Waals surface area contributed by atoms with Crippen molar-refractivity contribution in [3.8, 4) is 11.5 Å². The number of aromatic hydroxyl groups is 1. The number of piperidine rings is 1. The molecule has 8 heteroatoms. The van der Waals surface area contributed by atoms with Crippen LogP contribution in [-0.4, -0.2) is 68.8 Å². The number of nitrogens with one attached hydrogen (secondary N) is 1. The molecular weight excluding hydrogens is 436 g/mol. The minimum atomic E-state index is -1.34. The molecule has 8 nitrogen and oxygen atoms in total. The number of carbonyl (C=O) groups is 2. The zero-order chi connectivity index (χ0) is 23.4. The number of hydrogen-bond acceptors (Lipinski definition) is 7. The molecule has 1 aromatic rings. The molecule has 1 aromatic carbocycles. The summed E-state index contributed by atoms with van der Waals surface area (Å²) in [5.41, 5.74) is -0.342. The number of ketones is 1. The van der Waals surface area contributed by atoms with Crippen LogP contribution in [-0.2, 0) is 21.4 Å². The molecule has 180 valence electrons. The van der Waals surface area contributed by atoms with Gasteiger partial charge in [0.25, 0.3) is 5.91 Å². The summed E-state index contributed by atoms with van der Waals surface area (Å²) in [7, 11) is 0. The quantitative estimate of drug-likeness (QED) is 0.532. The number of amides is 1. The van der Waals surface area contributed by atoms with E-state index in [1.807, 2.05) is 6.07 Å². The number of nitrogens with zero attached hydrogens (tertiary/aromatic N) is 1. The van der Waals surface area contributed by atoms with Gasteiger partial charge in [-0.15, -0.1) is 0 Å². The van der Waals surface area contributed by atoms with Crippen LogP contribution in [0.1, 0.15) is 56.1 Å². The van der Waals surface area contributed by atoms with E-state index in [0.29, 0.717) is 37.4 Å². The number of hydrogen-bond donors (Lipinski definition) is 4. The van der Waals surface area contributed by atoms with Crippen LogP contribution in [0.5, 0.6) is 11.5 Å². The van der Waals surface area contributed by atoms with Gasteiger partial charge in [0.2, 0.25) is 0 Å². The molecule has 34 heavy (non-hydrogen) atoms. The summed E-state index contributed by atoms with van der Waals surface area (Å²) in [5, 5.41) is 37.4. The third kappa shape index (κ3) is 2.50. The zero-order valence-corrected chi connectivity index (χ0v) is 19.0. The van der Waals surface area contributed by atoms with E-state index >= 15 is 0 Å². The fraction of sp³-hybridized carbons (Fsp3) is 0.615. The molecule has 1 amide bonds. The minimum absolute atomic E-state index is 0.00339. The zero-order valence-electron chi connectivity index (χ0n) is 19.0. The van der Waals surface area contributed by atoms with Gasteiger partial charge in [-0.05, 0) is 62.6 Å². The van der Waals surface area contributed by atoms with Gasteiger partial charge in [-0.25, -0.2) is 0 Å². The van der Waals surface area contributed by atoms with Crippen molar-refractivity contribution in [3.05, 3.63) is 34.6 Å². The van der Waals surface area contributed by atoms with Crippen LogP contribution in [0.25, 0.3) is 0 Å². The molecule has 4 aliphatic carbocycles. The van der Waals surface area contributed by atoms with Crippen molar-refractivity contribution in [2.45, 2.75) is 80.6 Å². The Hall–Kier alpha value is -2.58. The van der Waals surface area contributed by atoms with Crippen LogP contribution in [0.15, 0.2) is 23.5 Å². The van der Waals surface area contributed by atoms with Crippen molar-refractivity contribution in [1.29, 1.82) is 0 Å². The van der Waals surface area contributed by atoms with Crippen molar-refractivity contribution < 1.29 is 29.6 Å². The van der Waals surface area contributed by atoms with Crippen LogP contribution in [0.3, 0.4) is 0 Å². The SMILES string of the molecule is O=C(N[C@H]1CCCC1=O)C1=C(O)[C@@H]2Oc3c(O)ccc4c3[C@@]23CCN(CC2CC2)[C@H](C4)[C@]3(O)C1. The van der Waals surface area contributed by atoms with Crippen LogP contribution >= 0.6 is 0 Å². The first-order valence-corrected chi connectivity index (χ1v) is 12.6. The minimum Gasteiger partial charge on any atom is -0.508 e. The van der Waals surface area contributed by atoms with Gasteiger partial charge in [-0.3, -0.25) is 14.5 Å². The van der Waals surface area contributed by atoms with Gasteiger partial charge in [-0.2, -0.15) is 0 Å². The lowest BCUT2D eigenvalue weighted by Gasteiger charge is -2.62. The van der Waals surface area contributed by atoms with Crippen LogP contribution in [0, 0.1) is 5.92 Å². The lowest BCUT2D eigenvalue weighted by atomic mass is 9.49. The Balaban J connectivity index is 1.35. The second-order valence-corrected chi connectivity index (χ2v) is 11.2. The van der Waals surface area contributed by atoms with Gasteiger partial charge < -0.3 is 25.4 Å². The Morgan fingerprint density at radius 2 is 2.06 bits per heavy atom. The van der Waals surface area contributed by atoms with Gasteiger partial charge in [0.05, 0.1) is 22.6 Å². The summed E-state index contributed by atoms with van der Waals surface area (Å²) >= 11 is 0. The molecule has 5 atom stereocenters. The van der Waals surface area contributed by atoms with E-state index in [-0.39, 0.29) is 35.3 Å². The highest BCUT2D eigenvalue weighted by molar-refractivity contribution is 5.99. The van der Waals surface area contributed by atoms with Crippen molar-refractivity contribution in [3.63, 3.8) is 0 Å². The summed E-state index contributed by atoms with van der Waals surface area (Å²) in [6.45, 7) is 1.69. The van der Waals surface area contributed by atoms with E-state index < -0.39 is 29.1 Å². The van der Waals surface area contributed by atoms with Gasteiger partial charge >= 0.3 is 0 Å². The smallest absolute Gasteiger partial charge is 0.251 e. The van der Waals surface area contributed by atoms with Crippen LogP contribution < -0.4 is 10.1 Å². The molecule has 1 saturated heterocycles. The molecule has 0 radical (unpaired) electrons. The maximum absolute atomic E-state index is 13.3. The molecule has 3 fully saturated rings. The van der Waals surface area contributed by atoms with Crippen molar-refractivity contribution in [1.82, 2.24) is 10.2 Å². The molecule has 2 saturated carbocycles. The van der Waals surface area contributed by atoms with E-state index in [4.69, 9.17) is 4.74 Å². The van der Waals surface area contributed by atoms with Crippen molar-refractivity contribution in [2.75, 3.05) is 13.1 Å². The highest BCUT2D eigenvalue weighted by Gasteiger charge is 2.73. The first-order chi connectivity index (χ1) is 16.3. The molecule has 6 aliphatic rings. The van der Waals surface area contributed by atoms with E-state index in [2.05, 4.69) is 10.2 Å². The maximum Gasteiger partial charge on any atom is 0.251 e. The Bertz CT molecular complexity index is 1160. The number of phenolic OH excluding ortho intramolecular Hbond substituents is 1. The fourth-order valence-electron chi connectivity index (χ4n) is 7.58. The summed E-state index contributed by atoms with van der Waals surface area (Å²) in [6.07, 6.45) is 4.40. The number of rotatable bonds is 4. The number of aliphatic hydroxyl groups is 2. The third-order valence-electron chi connectivity index (χ3n) is 9.40. The maximum atomic E-state index is 13.3. The largest absolute Gasteiger partial charge is 0.508 e. The van der Waals surface area contributed by atoms with Gasteiger partial charge in [-0.1, -0.05) is 6.07 Å². The highest BCUT2D eigenvalue weighted by atomic mass is 16.5. The molecule has 7 rings (SSSR count). The summed E-state index contributed by atoms with van der Waals surface area (Å²) in [5.74, 6) is 0.249. The predicted octanol–water partition coefficient (Wildman–Crippen LogP) is 1.62. The number of ether oxygens (including phenoxy) is 1. The van der Waals surface area contributed by atoms with Gasteiger partial charge in [0.15, 0.2) is 23.4 Å². The molecule has 1 spiro atoms. The molecular formula is C26H30N2O6. The third-order valence-corrected chi connectivity index (χ3v) is 9.40. The topological polar surface area (TPSA) is 119 Å². The lowest BCUT2D eigenvalue weighted by Crippen LogP contribution is -2.75. The normalized spacial score (nSPS) is 38.0. The number of carbonyl (C=O) groups excluding carboxylic acids is 2. The van der Waals surface area contributed by atoms with Crippen LogP contribution in [0.2, 0.25) is 0 Å². The Kier molecular flexibility index (Phi) is 4.13. The summed E-state index contributed by atoms with van der Waals surface area (Å²) in [4.78, 5) is 27.8. The molecule has 4 N–H and O–H groups in total. The Morgan fingerprint density at radius 1 is 1.24 bits per heavy atom. The highest BCUT2D eigenvalue weighted by Crippen LogP contribution is 2.66. The summed E-state index contributed by atoms with van der Waals surface area (Å²) in [6, 6.07) is 2.75. The number of Topliss-reactive ketones (excluding diaryl/α,β-unsaturated/α-hetero) is 1. The second kappa shape index (κ2) is 6.76. The van der Waals surface area contributed by atoms with E-state index in [1.54, 1.807) is 6.07 Å².